The van der Waals surface area contributed by atoms with E-state index in [0.717, 1.165) is 30.7 Å². The van der Waals surface area contributed by atoms with E-state index in [1.54, 1.807) is 7.11 Å². The van der Waals surface area contributed by atoms with Crippen LogP contribution in [0.1, 0.15) is 45.8 Å². The van der Waals surface area contributed by atoms with E-state index in [9.17, 15) is 0 Å². The van der Waals surface area contributed by atoms with Gasteiger partial charge in [0.1, 0.15) is 11.3 Å². The maximum absolute atomic E-state index is 6.71. The van der Waals surface area contributed by atoms with Crippen LogP contribution in [-0.2, 0) is 18.4 Å². The number of ether oxygens (including phenoxy) is 1. The van der Waals surface area contributed by atoms with Gasteiger partial charge in [-0.1, -0.05) is 97.1 Å². The molecule has 0 aliphatic heterocycles. The summed E-state index contributed by atoms with van der Waals surface area (Å²) in [5, 5.41) is 0. The molecule has 1 heterocycles. The van der Waals surface area contributed by atoms with Crippen LogP contribution in [0.5, 0.6) is 5.75 Å². The van der Waals surface area contributed by atoms with Crippen LogP contribution in [0.4, 0.5) is 0 Å². The Morgan fingerprint density at radius 1 is 0.842 bits per heavy atom. The number of benzene rings is 4. The normalized spacial score (nSPS) is 17.1. The van der Waals surface area contributed by atoms with Crippen molar-refractivity contribution in [2.75, 3.05) is 7.11 Å². The number of aromatic nitrogens is 2. The summed E-state index contributed by atoms with van der Waals surface area (Å²) >= 11 is 0. The highest BCUT2D eigenvalue weighted by molar-refractivity contribution is 5.51. The number of hydrogen-bond donors (Lipinski definition) is 1. The van der Waals surface area contributed by atoms with Gasteiger partial charge in [0.25, 0.3) is 0 Å². The van der Waals surface area contributed by atoms with Gasteiger partial charge in [-0.2, -0.15) is 0 Å². The van der Waals surface area contributed by atoms with Crippen molar-refractivity contribution in [1.29, 1.82) is 0 Å². The van der Waals surface area contributed by atoms with Gasteiger partial charge < -0.3 is 15.0 Å². The van der Waals surface area contributed by atoms with Crippen molar-refractivity contribution >= 4 is 0 Å². The zero-order valence-electron chi connectivity index (χ0n) is 21.7. The highest BCUT2D eigenvalue weighted by atomic mass is 16.5. The molecule has 0 spiro atoms. The summed E-state index contributed by atoms with van der Waals surface area (Å²) < 4.78 is 7.76. The Labute approximate surface area is 224 Å². The number of nitrogens with two attached hydrogens (primary N) is 1. The lowest BCUT2D eigenvalue weighted by molar-refractivity contribution is 0.410. The highest BCUT2D eigenvalue weighted by Crippen LogP contribution is 2.41. The van der Waals surface area contributed by atoms with E-state index < -0.39 is 5.54 Å². The molecule has 0 unspecified atom stereocenters. The van der Waals surface area contributed by atoms with E-state index in [1.807, 2.05) is 12.4 Å². The highest BCUT2D eigenvalue weighted by Gasteiger charge is 2.38. The summed E-state index contributed by atoms with van der Waals surface area (Å²) in [4.78, 5) is 4.98. The number of fused-ring (bicyclic) bond motifs is 1. The summed E-state index contributed by atoms with van der Waals surface area (Å²) in [6.07, 6.45) is 6.95. The second kappa shape index (κ2) is 10.3. The first-order chi connectivity index (χ1) is 18.7. The van der Waals surface area contributed by atoms with E-state index in [4.69, 9.17) is 15.5 Å². The lowest BCUT2D eigenvalue weighted by atomic mass is 9.76. The SMILES string of the molecule is COc1ccc2c(c1)CC[C@H](N)[C@@H]2Cc1cn(C(c2ccccc2)(c2ccccc2)c2ccccc2)cn1. The van der Waals surface area contributed by atoms with Gasteiger partial charge in [-0.15, -0.1) is 0 Å². The Bertz CT molecular complexity index is 1400. The minimum Gasteiger partial charge on any atom is -0.497 e. The number of nitrogens with zero attached hydrogens (tertiary/aromatic N) is 2. The van der Waals surface area contributed by atoms with Crippen LogP contribution in [0.3, 0.4) is 0 Å². The maximum atomic E-state index is 6.71. The van der Waals surface area contributed by atoms with Crippen LogP contribution >= 0.6 is 0 Å². The quantitative estimate of drug-likeness (QED) is 0.266. The van der Waals surface area contributed by atoms with Crippen LogP contribution in [0.25, 0.3) is 0 Å². The number of aryl methyl sites for hydroxylation is 1. The van der Waals surface area contributed by atoms with E-state index >= 15 is 0 Å². The van der Waals surface area contributed by atoms with Crippen molar-refractivity contribution in [3.05, 3.63) is 155 Å². The third-order valence-electron chi connectivity index (χ3n) is 8.04. The Morgan fingerprint density at radius 2 is 1.42 bits per heavy atom. The fraction of sp³-hybridized carbons (Fsp3) is 0.206. The predicted molar refractivity (Wildman–Crippen MR) is 153 cm³/mol. The first-order valence-corrected chi connectivity index (χ1v) is 13.3. The fourth-order valence-electron chi connectivity index (χ4n) is 6.17. The molecule has 0 amide bonds. The van der Waals surface area contributed by atoms with E-state index in [1.165, 1.54) is 27.8 Å². The molecule has 4 aromatic carbocycles. The summed E-state index contributed by atoms with van der Waals surface area (Å²) in [5.41, 5.74) is 13.4. The van der Waals surface area contributed by atoms with Crippen molar-refractivity contribution < 1.29 is 4.74 Å². The topological polar surface area (TPSA) is 53.1 Å². The van der Waals surface area contributed by atoms with E-state index in [-0.39, 0.29) is 12.0 Å². The fourth-order valence-corrected chi connectivity index (χ4v) is 6.17. The monoisotopic (exact) mass is 499 g/mol. The number of imidazole rings is 1. The van der Waals surface area contributed by atoms with Crippen LogP contribution < -0.4 is 10.5 Å². The zero-order valence-corrected chi connectivity index (χ0v) is 21.7. The smallest absolute Gasteiger partial charge is 0.121 e. The Kier molecular flexibility index (Phi) is 6.57. The third kappa shape index (κ3) is 4.21. The van der Waals surface area contributed by atoms with Gasteiger partial charge in [0.15, 0.2) is 0 Å². The molecule has 0 radical (unpaired) electrons. The molecule has 2 atom stereocenters. The lowest BCUT2D eigenvalue weighted by Crippen LogP contribution is -2.37. The maximum Gasteiger partial charge on any atom is 0.121 e. The molecule has 1 aliphatic carbocycles. The molecule has 0 fully saturated rings. The molecule has 2 N–H and O–H groups in total. The molecule has 4 heteroatoms. The van der Waals surface area contributed by atoms with Crippen LogP contribution in [0, 0.1) is 0 Å². The number of hydrogen-bond acceptors (Lipinski definition) is 3. The van der Waals surface area contributed by atoms with Crippen molar-refractivity contribution in [3.63, 3.8) is 0 Å². The first kappa shape index (κ1) is 24.2. The van der Waals surface area contributed by atoms with Crippen molar-refractivity contribution in [3.8, 4) is 5.75 Å². The van der Waals surface area contributed by atoms with Crippen LogP contribution in [-0.4, -0.2) is 22.7 Å². The average Bonchev–Trinajstić information content (AvgIpc) is 3.45. The van der Waals surface area contributed by atoms with Gasteiger partial charge >= 0.3 is 0 Å². The molecule has 38 heavy (non-hydrogen) atoms. The number of rotatable bonds is 7. The largest absolute Gasteiger partial charge is 0.497 e. The second-order valence-corrected chi connectivity index (χ2v) is 10.2. The molecule has 5 aromatic rings. The summed E-state index contributed by atoms with van der Waals surface area (Å²) in [5.74, 6) is 1.12. The molecule has 0 saturated heterocycles. The zero-order chi connectivity index (χ0) is 26.0. The van der Waals surface area contributed by atoms with Gasteiger partial charge in [0, 0.05) is 18.2 Å². The molecule has 0 saturated carbocycles. The van der Waals surface area contributed by atoms with Crippen molar-refractivity contribution in [1.82, 2.24) is 9.55 Å². The lowest BCUT2D eigenvalue weighted by Gasteiger charge is -2.37. The Hall–Kier alpha value is -4.15. The molecule has 1 aliphatic rings. The minimum absolute atomic E-state index is 0.100. The van der Waals surface area contributed by atoms with Gasteiger partial charge in [0.2, 0.25) is 0 Å². The summed E-state index contributed by atoms with van der Waals surface area (Å²) in [6.45, 7) is 0. The molecule has 4 nitrogen and oxygen atoms in total. The minimum atomic E-state index is -0.561. The molecule has 0 bridgehead atoms. The standard InChI is InChI=1S/C34H33N3O/c1-38-30-18-19-31-25(21-30)17-20-33(35)32(31)22-29-23-37(24-36-29)34(26-11-5-2-6-12-26,27-13-7-3-8-14-27)28-15-9-4-10-16-28/h2-16,18-19,21,23-24,32-33H,17,20,22,35H2,1H3/t32-,33+/m1/s1. The van der Waals surface area contributed by atoms with Crippen molar-refractivity contribution in [2.45, 2.75) is 36.8 Å². The van der Waals surface area contributed by atoms with Crippen LogP contribution in [0.2, 0.25) is 0 Å². The van der Waals surface area contributed by atoms with Gasteiger partial charge in [-0.25, -0.2) is 4.98 Å². The van der Waals surface area contributed by atoms with Crippen LogP contribution in [0.15, 0.2) is 122 Å². The molecule has 190 valence electrons. The molecule has 1 aromatic heterocycles. The van der Waals surface area contributed by atoms with Gasteiger partial charge in [-0.05, 0) is 59.2 Å². The summed E-state index contributed by atoms with van der Waals surface area (Å²) in [6, 6.07) is 38.6. The summed E-state index contributed by atoms with van der Waals surface area (Å²) in [7, 11) is 1.72. The van der Waals surface area contributed by atoms with Crippen molar-refractivity contribution in [2.24, 2.45) is 5.73 Å². The van der Waals surface area contributed by atoms with E-state index in [0.29, 0.717) is 0 Å². The molecular formula is C34H33N3O. The Balaban J connectivity index is 1.47. The third-order valence-corrected chi connectivity index (χ3v) is 8.04. The Morgan fingerprint density at radius 3 is 1.97 bits per heavy atom. The average molecular weight is 500 g/mol. The van der Waals surface area contributed by atoms with Gasteiger partial charge in [0.05, 0.1) is 19.1 Å². The predicted octanol–water partition coefficient (Wildman–Crippen LogP) is 6.33. The van der Waals surface area contributed by atoms with E-state index in [2.05, 4.69) is 114 Å². The number of methoxy groups -OCH3 is 1. The second-order valence-electron chi connectivity index (χ2n) is 10.2. The molecular weight excluding hydrogens is 466 g/mol. The first-order valence-electron chi connectivity index (χ1n) is 13.3. The molecule has 6 rings (SSSR count). The van der Waals surface area contributed by atoms with Gasteiger partial charge in [-0.3, -0.25) is 0 Å².